The van der Waals surface area contributed by atoms with Crippen molar-refractivity contribution >= 4 is 18.3 Å². The quantitative estimate of drug-likeness (QED) is 0.874. The Labute approximate surface area is 139 Å². The highest BCUT2D eigenvalue weighted by atomic mass is 35.5. The molecule has 4 nitrogen and oxygen atoms in total. The number of ether oxygens (including phenoxy) is 1. The number of amides is 1. The molecule has 1 fully saturated rings. The van der Waals surface area contributed by atoms with Gasteiger partial charge in [0.05, 0.1) is 7.11 Å². The number of rotatable bonds is 6. The fourth-order valence-electron chi connectivity index (χ4n) is 2.89. The third-order valence-corrected chi connectivity index (χ3v) is 4.25. The second-order valence-electron chi connectivity index (χ2n) is 5.77. The molecule has 0 aromatic heterocycles. The molecule has 0 radical (unpaired) electrons. The van der Waals surface area contributed by atoms with Crippen LogP contribution in [-0.4, -0.2) is 37.6 Å². The van der Waals surface area contributed by atoms with E-state index < -0.39 is 0 Å². The van der Waals surface area contributed by atoms with Crippen LogP contribution in [0.4, 0.5) is 0 Å². The minimum atomic E-state index is 0. The van der Waals surface area contributed by atoms with E-state index in [0.717, 1.165) is 44.5 Å². The maximum atomic E-state index is 11.9. The molecule has 2 rings (SSSR count). The van der Waals surface area contributed by atoms with Gasteiger partial charge in [-0.2, -0.15) is 0 Å². The van der Waals surface area contributed by atoms with Crippen molar-refractivity contribution < 1.29 is 9.53 Å². The van der Waals surface area contributed by atoms with E-state index in [4.69, 9.17) is 10.5 Å². The van der Waals surface area contributed by atoms with Gasteiger partial charge in [-0.3, -0.25) is 4.79 Å². The standard InChI is InChI=1S/C17H26N2O2.ClH/c1-21-16-6-4-14(5-7-16)13-15-8-11-19(12-9-15)17(20)3-2-10-18;/h4-7,15H,2-3,8-13,18H2,1H3;1H. The topological polar surface area (TPSA) is 55.6 Å². The summed E-state index contributed by atoms with van der Waals surface area (Å²) in [6.07, 6.45) is 4.68. The third kappa shape index (κ3) is 5.50. The number of halogens is 1. The molecule has 22 heavy (non-hydrogen) atoms. The van der Waals surface area contributed by atoms with E-state index in [2.05, 4.69) is 12.1 Å². The highest BCUT2D eigenvalue weighted by molar-refractivity contribution is 5.85. The average Bonchev–Trinajstić information content (AvgIpc) is 2.54. The number of piperidine rings is 1. The number of nitrogens with two attached hydrogens (primary N) is 1. The first-order valence-electron chi connectivity index (χ1n) is 7.83. The molecule has 124 valence electrons. The maximum Gasteiger partial charge on any atom is 0.222 e. The Morgan fingerprint density at radius 2 is 1.91 bits per heavy atom. The third-order valence-electron chi connectivity index (χ3n) is 4.25. The second kappa shape index (κ2) is 9.70. The van der Waals surface area contributed by atoms with E-state index >= 15 is 0 Å². The number of benzene rings is 1. The number of carbonyl (C=O) groups excluding carboxylic acids is 1. The summed E-state index contributed by atoms with van der Waals surface area (Å²) in [6.45, 7) is 2.38. The van der Waals surface area contributed by atoms with Crippen molar-refractivity contribution in [1.29, 1.82) is 0 Å². The first kappa shape index (κ1) is 18.8. The Balaban J connectivity index is 0.00000242. The summed E-state index contributed by atoms with van der Waals surface area (Å²) in [5, 5.41) is 0. The van der Waals surface area contributed by atoms with Gasteiger partial charge in [0.1, 0.15) is 5.75 Å². The lowest BCUT2D eigenvalue weighted by Crippen LogP contribution is -2.39. The molecular formula is C17H27ClN2O2. The molecule has 1 saturated heterocycles. The van der Waals surface area contributed by atoms with Crippen molar-refractivity contribution in [2.45, 2.75) is 32.1 Å². The van der Waals surface area contributed by atoms with Gasteiger partial charge in [0.25, 0.3) is 0 Å². The Morgan fingerprint density at radius 1 is 1.27 bits per heavy atom. The first-order chi connectivity index (χ1) is 10.2. The van der Waals surface area contributed by atoms with Gasteiger partial charge in [-0.25, -0.2) is 0 Å². The van der Waals surface area contributed by atoms with Gasteiger partial charge >= 0.3 is 0 Å². The smallest absolute Gasteiger partial charge is 0.222 e. The number of hydrogen-bond donors (Lipinski definition) is 1. The summed E-state index contributed by atoms with van der Waals surface area (Å²) in [5.41, 5.74) is 6.81. The predicted octanol–water partition coefficient (Wildman–Crippen LogP) is 2.64. The highest BCUT2D eigenvalue weighted by Crippen LogP contribution is 2.23. The fourth-order valence-corrected chi connectivity index (χ4v) is 2.89. The van der Waals surface area contributed by atoms with Crippen LogP contribution in [0, 0.1) is 5.92 Å². The summed E-state index contributed by atoms with van der Waals surface area (Å²) < 4.78 is 5.18. The minimum absolute atomic E-state index is 0. The molecule has 0 aliphatic carbocycles. The van der Waals surface area contributed by atoms with Crippen LogP contribution in [0.2, 0.25) is 0 Å². The van der Waals surface area contributed by atoms with Crippen LogP contribution < -0.4 is 10.5 Å². The molecular weight excluding hydrogens is 300 g/mol. The Morgan fingerprint density at radius 3 is 2.45 bits per heavy atom. The molecule has 2 N–H and O–H groups in total. The normalized spacial score (nSPS) is 15.3. The Kier molecular flexibility index (Phi) is 8.28. The monoisotopic (exact) mass is 326 g/mol. The molecule has 1 amide bonds. The first-order valence-corrected chi connectivity index (χ1v) is 7.83. The number of carbonyl (C=O) groups is 1. The van der Waals surface area contributed by atoms with Gasteiger partial charge in [0, 0.05) is 19.5 Å². The lowest BCUT2D eigenvalue weighted by atomic mass is 9.90. The average molecular weight is 327 g/mol. The Bertz CT molecular complexity index is 442. The van der Waals surface area contributed by atoms with Crippen LogP contribution in [-0.2, 0) is 11.2 Å². The largest absolute Gasteiger partial charge is 0.497 e. The Hall–Kier alpha value is -1.26. The van der Waals surface area contributed by atoms with Gasteiger partial charge in [-0.1, -0.05) is 12.1 Å². The van der Waals surface area contributed by atoms with Gasteiger partial charge in [-0.05, 0) is 55.8 Å². The van der Waals surface area contributed by atoms with Crippen molar-refractivity contribution in [2.24, 2.45) is 11.7 Å². The molecule has 5 heteroatoms. The molecule has 0 saturated carbocycles. The summed E-state index contributed by atoms with van der Waals surface area (Å²) in [5.74, 6) is 1.85. The van der Waals surface area contributed by atoms with Crippen molar-refractivity contribution in [3.8, 4) is 5.75 Å². The fraction of sp³-hybridized carbons (Fsp3) is 0.588. The van der Waals surface area contributed by atoms with E-state index in [9.17, 15) is 4.79 Å². The molecule has 1 aliphatic heterocycles. The van der Waals surface area contributed by atoms with Gasteiger partial charge < -0.3 is 15.4 Å². The number of likely N-dealkylation sites (tertiary alicyclic amines) is 1. The zero-order chi connectivity index (χ0) is 15.1. The lowest BCUT2D eigenvalue weighted by Gasteiger charge is -2.32. The summed E-state index contributed by atoms with van der Waals surface area (Å²) in [6, 6.07) is 8.30. The number of hydrogen-bond acceptors (Lipinski definition) is 3. The number of methoxy groups -OCH3 is 1. The highest BCUT2D eigenvalue weighted by Gasteiger charge is 2.22. The van der Waals surface area contributed by atoms with Crippen molar-refractivity contribution in [2.75, 3.05) is 26.7 Å². The van der Waals surface area contributed by atoms with E-state index in [1.807, 2.05) is 17.0 Å². The molecule has 1 heterocycles. The van der Waals surface area contributed by atoms with Crippen molar-refractivity contribution in [3.63, 3.8) is 0 Å². The van der Waals surface area contributed by atoms with Gasteiger partial charge in [-0.15, -0.1) is 12.4 Å². The summed E-state index contributed by atoms with van der Waals surface area (Å²) in [4.78, 5) is 13.9. The minimum Gasteiger partial charge on any atom is -0.497 e. The maximum absolute atomic E-state index is 11.9. The van der Waals surface area contributed by atoms with Crippen LogP contribution in [0.5, 0.6) is 5.75 Å². The van der Waals surface area contributed by atoms with Crippen molar-refractivity contribution in [3.05, 3.63) is 29.8 Å². The zero-order valence-electron chi connectivity index (χ0n) is 13.3. The molecule has 0 spiro atoms. The molecule has 1 aromatic rings. The van der Waals surface area contributed by atoms with Crippen LogP contribution in [0.3, 0.4) is 0 Å². The van der Waals surface area contributed by atoms with Crippen LogP contribution >= 0.6 is 12.4 Å². The zero-order valence-corrected chi connectivity index (χ0v) is 14.1. The van der Waals surface area contributed by atoms with Crippen molar-refractivity contribution in [1.82, 2.24) is 4.90 Å². The summed E-state index contributed by atoms with van der Waals surface area (Å²) in [7, 11) is 1.69. The molecule has 0 unspecified atom stereocenters. The molecule has 1 aliphatic rings. The second-order valence-corrected chi connectivity index (χ2v) is 5.77. The van der Waals surface area contributed by atoms with Crippen LogP contribution in [0.25, 0.3) is 0 Å². The SMILES string of the molecule is COc1ccc(CC2CCN(C(=O)CCCN)CC2)cc1.Cl. The van der Waals surface area contributed by atoms with Gasteiger partial charge in [0.2, 0.25) is 5.91 Å². The van der Waals surface area contributed by atoms with Crippen LogP contribution in [0.15, 0.2) is 24.3 Å². The molecule has 0 bridgehead atoms. The molecule has 0 atom stereocenters. The predicted molar refractivity (Wildman–Crippen MR) is 91.5 cm³/mol. The van der Waals surface area contributed by atoms with Crippen LogP contribution in [0.1, 0.15) is 31.2 Å². The number of nitrogens with zero attached hydrogens (tertiary/aromatic N) is 1. The van der Waals surface area contributed by atoms with E-state index in [1.54, 1.807) is 7.11 Å². The van der Waals surface area contributed by atoms with E-state index in [-0.39, 0.29) is 18.3 Å². The van der Waals surface area contributed by atoms with Gasteiger partial charge in [0.15, 0.2) is 0 Å². The van der Waals surface area contributed by atoms with E-state index in [0.29, 0.717) is 18.9 Å². The molecule has 1 aromatic carbocycles. The summed E-state index contributed by atoms with van der Waals surface area (Å²) >= 11 is 0. The lowest BCUT2D eigenvalue weighted by molar-refractivity contribution is -0.132. The van der Waals surface area contributed by atoms with E-state index in [1.165, 1.54) is 5.56 Å².